The Kier molecular flexibility index (Phi) is 9.65. The summed E-state index contributed by atoms with van der Waals surface area (Å²) in [6.45, 7) is 1.95. The van der Waals surface area contributed by atoms with Crippen molar-refractivity contribution in [2.75, 3.05) is 19.8 Å². The summed E-state index contributed by atoms with van der Waals surface area (Å²) in [7, 11) is 0. The number of carbonyl (C=O) groups excluding carboxylic acids is 3. The van der Waals surface area contributed by atoms with Crippen molar-refractivity contribution >= 4 is 47.1 Å². The Morgan fingerprint density at radius 1 is 1.20 bits per heavy atom. The van der Waals surface area contributed by atoms with Gasteiger partial charge in [-0.05, 0) is 37.1 Å². The highest BCUT2D eigenvalue weighted by atomic mass is 35.5. The van der Waals surface area contributed by atoms with Gasteiger partial charge in [-0.3, -0.25) is 9.59 Å². The first kappa shape index (κ1) is 21.0. The maximum atomic E-state index is 11.6. The Balaban J connectivity index is 2.25. The predicted molar refractivity (Wildman–Crippen MR) is 95.3 cm³/mol. The molecule has 0 radical (unpaired) electrons. The van der Waals surface area contributed by atoms with E-state index in [0.29, 0.717) is 35.2 Å². The molecule has 0 unspecified atom stereocenters. The first-order valence-electron chi connectivity index (χ1n) is 7.64. The zero-order valence-electron chi connectivity index (χ0n) is 13.7. The summed E-state index contributed by atoms with van der Waals surface area (Å²) in [4.78, 5) is 34.2. The molecule has 0 aliphatic rings. The lowest BCUT2D eigenvalue weighted by Crippen LogP contribution is -2.29. The van der Waals surface area contributed by atoms with E-state index in [4.69, 9.17) is 32.7 Å². The van der Waals surface area contributed by atoms with Gasteiger partial charge in [-0.1, -0.05) is 29.3 Å². The van der Waals surface area contributed by atoms with Gasteiger partial charge >= 0.3 is 11.9 Å². The van der Waals surface area contributed by atoms with Gasteiger partial charge in [0.25, 0.3) is 5.91 Å². The van der Waals surface area contributed by atoms with Crippen molar-refractivity contribution in [3.8, 4) is 0 Å². The number of nitrogens with one attached hydrogen (secondary N) is 1. The third kappa shape index (κ3) is 9.12. The number of halogens is 2. The average molecular weight is 388 g/mol. The molecule has 0 spiro atoms. The Morgan fingerprint density at radius 2 is 1.96 bits per heavy atom. The normalized spacial score (nSPS) is 10.5. The highest BCUT2D eigenvalue weighted by Crippen LogP contribution is 2.21. The molecule has 0 aliphatic heterocycles. The van der Waals surface area contributed by atoms with Crippen molar-refractivity contribution in [1.29, 1.82) is 0 Å². The average Bonchev–Trinajstić information content (AvgIpc) is 2.56. The Morgan fingerprint density at radius 3 is 2.64 bits per heavy atom. The third-order valence-corrected chi connectivity index (χ3v) is 3.45. The van der Waals surface area contributed by atoms with Crippen LogP contribution in [0.25, 0.3) is 6.08 Å². The van der Waals surface area contributed by atoms with Crippen LogP contribution in [-0.4, -0.2) is 37.6 Å². The molecule has 0 saturated heterocycles. The van der Waals surface area contributed by atoms with Gasteiger partial charge in [0.2, 0.25) is 0 Å². The van der Waals surface area contributed by atoms with Crippen LogP contribution < -0.4 is 5.32 Å². The fraction of sp³-hybridized carbons (Fsp3) is 0.353. The molecular formula is C17H19Cl2NO5. The topological polar surface area (TPSA) is 81.7 Å². The zero-order valence-corrected chi connectivity index (χ0v) is 15.2. The Hall–Kier alpha value is -2.05. The van der Waals surface area contributed by atoms with Crippen LogP contribution >= 0.6 is 23.2 Å². The van der Waals surface area contributed by atoms with Gasteiger partial charge in [-0.15, -0.1) is 0 Å². The van der Waals surface area contributed by atoms with Crippen molar-refractivity contribution in [1.82, 2.24) is 5.32 Å². The summed E-state index contributed by atoms with van der Waals surface area (Å²) in [6, 6.07) is 4.85. The van der Waals surface area contributed by atoms with E-state index in [9.17, 15) is 14.4 Å². The molecule has 0 saturated carbocycles. The number of ether oxygens (including phenoxy) is 2. The van der Waals surface area contributed by atoms with E-state index in [2.05, 4.69) is 5.32 Å². The van der Waals surface area contributed by atoms with Crippen LogP contribution in [-0.2, 0) is 23.9 Å². The van der Waals surface area contributed by atoms with Crippen LogP contribution in [0.4, 0.5) is 0 Å². The number of amides is 1. The molecule has 1 amide bonds. The highest BCUT2D eigenvalue weighted by molar-refractivity contribution is 6.35. The van der Waals surface area contributed by atoms with Crippen molar-refractivity contribution in [2.45, 2.75) is 19.8 Å². The lowest BCUT2D eigenvalue weighted by Gasteiger charge is -2.05. The highest BCUT2D eigenvalue weighted by Gasteiger charge is 2.06. The van der Waals surface area contributed by atoms with E-state index < -0.39 is 18.5 Å². The lowest BCUT2D eigenvalue weighted by atomic mass is 10.2. The second-order valence-electron chi connectivity index (χ2n) is 4.87. The molecule has 136 valence electrons. The molecule has 0 aliphatic carbocycles. The van der Waals surface area contributed by atoms with E-state index in [-0.39, 0.29) is 12.4 Å². The predicted octanol–water partition coefficient (Wildman–Crippen LogP) is 3.01. The summed E-state index contributed by atoms with van der Waals surface area (Å²) < 4.78 is 9.57. The minimum absolute atomic E-state index is 0.221. The van der Waals surface area contributed by atoms with Gasteiger partial charge in [-0.25, -0.2) is 4.79 Å². The first-order chi connectivity index (χ1) is 11.9. The molecule has 6 nitrogen and oxygen atoms in total. The molecule has 1 N–H and O–H groups in total. The summed E-state index contributed by atoms with van der Waals surface area (Å²) in [5.41, 5.74) is 0.603. The third-order valence-electron chi connectivity index (χ3n) is 2.89. The smallest absolute Gasteiger partial charge is 0.331 e. The maximum absolute atomic E-state index is 11.6. The second-order valence-corrected chi connectivity index (χ2v) is 5.71. The Labute approximate surface area is 156 Å². The monoisotopic (exact) mass is 387 g/mol. The van der Waals surface area contributed by atoms with Crippen molar-refractivity contribution in [3.63, 3.8) is 0 Å². The molecule has 0 heterocycles. The van der Waals surface area contributed by atoms with Gasteiger partial charge in [0, 0.05) is 29.1 Å². The van der Waals surface area contributed by atoms with Gasteiger partial charge in [-0.2, -0.15) is 0 Å². The van der Waals surface area contributed by atoms with Crippen molar-refractivity contribution in [2.24, 2.45) is 0 Å². The van der Waals surface area contributed by atoms with E-state index in [0.717, 1.165) is 0 Å². The van der Waals surface area contributed by atoms with Crippen LogP contribution in [0.2, 0.25) is 10.0 Å². The first-order valence-corrected chi connectivity index (χ1v) is 8.40. The van der Waals surface area contributed by atoms with Gasteiger partial charge < -0.3 is 14.8 Å². The number of benzene rings is 1. The van der Waals surface area contributed by atoms with E-state index in [1.807, 2.05) is 0 Å². The summed E-state index contributed by atoms with van der Waals surface area (Å²) in [5.74, 6) is -1.43. The lowest BCUT2D eigenvalue weighted by molar-refractivity contribution is -0.143. The molecule has 1 aromatic rings. The molecular weight excluding hydrogens is 369 g/mol. The number of hydrogen-bond acceptors (Lipinski definition) is 5. The Bertz CT molecular complexity index is 646. The van der Waals surface area contributed by atoms with E-state index in [1.54, 1.807) is 25.1 Å². The molecule has 25 heavy (non-hydrogen) atoms. The van der Waals surface area contributed by atoms with Crippen LogP contribution in [0.3, 0.4) is 0 Å². The fourth-order valence-electron chi connectivity index (χ4n) is 1.72. The molecule has 1 rings (SSSR count). The van der Waals surface area contributed by atoms with Gasteiger partial charge in [0.05, 0.1) is 6.61 Å². The van der Waals surface area contributed by atoms with E-state index in [1.165, 1.54) is 12.2 Å². The molecule has 0 bridgehead atoms. The van der Waals surface area contributed by atoms with Crippen LogP contribution in [0.5, 0.6) is 0 Å². The quantitative estimate of drug-likeness (QED) is 0.400. The molecule has 8 heteroatoms. The number of esters is 2. The summed E-state index contributed by atoms with van der Waals surface area (Å²) in [5, 5.41) is 3.43. The largest absolute Gasteiger partial charge is 0.466 e. The number of rotatable bonds is 9. The molecule has 0 atom stereocenters. The van der Waals surface area contributed by atoms with Crippen molar-refractivity contribution in [3.05, 3.63) is 39.9 Å². The fourth-order valence-corrected chi connectivity index (χ4v) is 2.20. The molecule has 0 fully saturated rings. The molecule has 0 aromatic heterocycles. The zero-order chi connectivity index (χ0) is 18.7. The maximum Gasteiger partial charge on any atom is 0.331 e. The number of carbonyl (C=O) groups is 3. The van der Waals surface area contributed by atoms with Gasteiger partial charge in [0.15, 0.2) is 6.61 Å². The second kappa shape index (κ2) is 11.5. The van der Waals surface area contributed by atoms with Crippen LogP contribution in [0.15, 0.2) is 24.3 Å². The summed E-state index contributed by atoms with van der Waals surface area (Å²) >= 11 is 11.7. The van der Waals surface area contributed by atoms with Crippen LogP contribution in [0.1, 0.15) is 25.3 Å². The SMILES string of the molecule is CCOC(=O)CCCNC(=O)COC(=O)/C=C/c1ccc(Cl)cc1Cl. The minimum Gasteiger partial charge on any atom is -0.466 e. The van der Waals surface area contributed by atoms with Crippen molar-refractivity contribution < 1.29 is 23.9 Å². The summed E-state index contributed by atoms with van der Waals surface area (Å²) in [6.07, 6.45) is 3.31. The number of hydrogen-bond donors (Lipinski definition) is 1. The molecule has 1 aromatic carbocycles. The van der Waals surface area contributed by atoms with E-state index >= 15 is 0 Å². The van der Waals surface area contributed by atoms with Crippen LogP contribution in [0, 0.1) is 0 Å². The standard InChI is InChI=1S/C17H19Cl2NO5/c1-2-24-16(22)4-3-9-20-15(21)11-25-17(23)8-6-12-5-7-13(18)10-14(12)19/h5-8,10H,2-4,9,11H2,1H3,(H,20,21)/b8-6+. The van der Waals surface area contributed by atoms with Gasteiger partial charge in [0.1, 0.15) is 0 Å². The minimum atomic E-state index is -0.673.